The molecule has 0 unspecified atom stereocenters. The highest BCUT2D eigenvalue weighted by Gasteiger charge is 2.31. The number of alkyl halides is 3. The Hall–Kier alpha value is -2.54. The third-order valence-corrected chi connectivity index (χ3v) is 4.24. The van der Waals surface area contributed by atoms with Gasteiger partial charge in [0.2, 0.25) is 0 Å². The fraction of sp³-hybridized carbons (Fsp3) is 0.316. The van der Waals surface area contributed by atoms with Gasteiger partial charge in [0.1, 0.15) is 5.75 Å². The highest BCUT2D eigenvalue weighted by molar-refractivity contribution is 6.01. The van der Waals surface area contributed by atoms with Crippen LogP contribution in [0.1, 0.15) is 23.2 Å². The van der Waals surface area contributed by atoms with E-state index >= 15 is 0 Å². The molecule has 1 amide bonds. The van der Waals surface area contributed by atoms with E-state index < -0.39 is 6.36 Å². The number of hydrogen-bond acceptors (Lipinski definition) is 3. The lowest BCUT2D eigenvalue weighted by atomic mass is 9.98. The van der Waals surface area contributed by atoms with Crippen LogP contribution in [-0.4, -0.2) is 31.4 Å². The summed E-state index contributed by atoms with van der Waals surface area (Å²) >= 11 is 0. The molecule has 1 heterocycles. The standard InChI is InChI=1S/C19H19F3N2O2/c20-19(21,22)26-15-7-5-13(6-8-15)16-3-1-2-4-17(16)18(25)24-14-9-11-23-12-10-14/h1-8,14,23H,9-12H2,(H,24,25). The average molecular weight is 364 g/mol. The van der Waals surface area contributed by atoms with Crippen LogP contribution in [0.25, 0.3) is 11.1 Å². The fourth-order valence-corrected chi connectivity index (χ4v) is 3.00. The molecule has 7 heteroatoms. The second-order valence-corrected chi connectivity index (χ2v) is 6.12. The molecule has 2 aromatic carbocycles. The van der Waals surface area contributed by atoms with Gasteiger partial charge in [0.15, 0.2) is 0 Å². The summed E-state index contributed by atoms with van der Waals surface area (Å²) in [5, 5.41) is 6.28. The van der Waals surface area contributed by atoms with Crippen LogP contribution in [0, 0.1) is 0 Å². The Kier molecular flexibility index (Phi) is 5.46. The number of halogens is 3. The minimum atomic E-state index is -4.73. The van der Waals surface area contributed by atoms with E-state index in [9.17, 15) is 18.0 Å². The third kappa shape index (κ3) is 4.76. The number of benzene rings is 2. The monoisotopic (exact) mass is 364 g/mol. The Morgan fingerprint density at radius 2 is 1.69 bits per heavy atom. The molecule has 2 N–H and O–H groups in total. The molecule has 0 aliphatic carbocycles. The van der Waals surface area contributed by atoms with E-state index in [1.165, 1.54) is 24.3 Å². The highest BCUT2D eigenvalue weighted by atomic mass is 19.4. The van der Waals surface area contributed by atoms with Crippen molar-refractivity contribution >= 4 is 5.91 Å². The molecule has 2 aromatic rings. The quantitative estimate of drug-likeness (QED) is 0.869. The number of hydrogen-bond donors (Lipinski definition) is 2. The number of carbonyl (C=O) groups is 1. The van der Waals surface area contributed by atoms with Crippen LogP contribution in [0.5, 0.6) is 5.75 Å². The lowest BCUT2D eigenvalue weighted by Crippen LogP contribution is -2.42. The first-order valence-electron chi connectivity index (χ1n) is 8.39. The van der Waals surface area contributed by atoms with Crippen molar-refractivity contribution in [1.82, 2.24) is 10.6 Å². The molecule has 138 valence electrons. The summed E-state index contributed by atoms with van der Waals surface area (Å²) < 4.78 is 40.7. The second kappa shape index (κ2) is 7.78. The molecule has 0 bridgehead atoms. The fourth-order valence-electron chi connectivity index (χ4n) is 3.00. The number of rotatable bonds is 4. The maximum atomic E-state index is 12.7. The molecule has 3 rings (SSSR count). The van der Waals surface area contributed by atoms with Crippen LogP contribution in [0.15, 0.2) is 48.5 Å². The molecule has 0 radical (unpaired) electrons. The van der Waals surface area contributed by atoms with Crippen molar-refractivity contribution in [2.24, 2.45) is 0 Å². The van der Waals surface area contributed by atoms with Crippen LogP contribution < -0.4 is 15.4 Å². The van der Waals surface area contributed by atoms with Gasteiger partial charge in [0.05, 0.1) is 0 Å². The van der Waals surface area contributed by atoms with Crippen molar-refractivity contribution in [3.05, 3.63) is 54.1 Å². The van der Waals surface area contributed by atoms with E-state index in [0.717, 1.165) is 25.9 Å². The van der Waals surface area contributed by atoms with Crippen LogP contribution >= 0.6 is 0 Å². The first-order valence-corrected chi connectivity index (χ1v) is 8.39. The first-order chi connectivity index (χ1) is 12.4. The molecule has 0 saturated carbocycles. The van der Waals surface area contributed by atoms with Gasteiger partial charge < -0.3 is 15.4 Å². The zero-order chi connectivity index (χ0) is 18.6. The Morgan fingerprint density at radius 1 is 1.04 bits per heavy atom. The van der Waals surface area contributed by atoms with Gasteiger partial charge in [0, 0.05) is 11.6 Å². The second-order valence-electron chi connectivity index (χ2n) is 6.12. The Labute approximate surface area is 149 Å². The van der Waals surface area contributed by atoms with Gasteiger partial charge in [-0.3, -0.25) is 4.79 Å². The number of piperidine rings is 1. The summed E-state index contributed by atoms with van der Waals surface area (Å²) in [6.07, 6.45) is -2.98. The first kappa shape index (κ1) is 18.3. The Bertz CT molecular complexity index is 754. The summed E-state index contributed by atoms with van der Waals surface area (Å²) in [5.41, 5.74) is 1.81. The summed E-state index contributed by atoms with van der Waals surface area (Å²) in [6, 6.07) is 12.7. The molecule has 26 heavy (non-hydrogen) atoms. The van der Waals surface area contributed by atoms with Crippen molar-refractivity contribution in [3.8, 4) is 16.9 Å². The van der Waals surface area contributed by atoms with Gasteiger partial charge in [-0.15, -0.1) is 13.2 Å². The van der Waals surface area contributed by atoms with Crippen molar-refractivity contribution < 1.29 is 22.7 Å². The van der Waals surface area contributed by atoms with Crippen LogP contribution in [0.2, 0.25) is 0 Å². The Balaban J connectivity index is 1.79. The summed E-state index contributed by atoms with van der Waals surface area (Å²) in [7, 11) is 0. The van der Waals surface area contributed by atoms with E-state index in [-0.39, 0.29) is 17.7 Å². The van der Waals surface area contributed by atoms with Gasteiger partial charge in [-0.2, -0.15) is 0 Å². The summed E-state index contributed by atoms with van der Waals surface area (Å²) in [4.78, 5) is 12.7. The zero-order valence-corrected chi connectivity index (χ0v) is 14.0. The average Bonchev–Trinajstić information content (AvgIpc) is 2.62. The molecule has 0 aromatic heterocycles. The van der Waals surface area contributed by atoms with Crippen LogP contribution in [0.3, 0.4) is 0 Å². The predicted molar refractivity (Wildman–Crippen MR) is 91.9 cm³/mol. The molecular weight excluding hydrogens is 345 g/mol. The maximum absolute atomic E-state index is 12.7. The van der Waals surface area contributed by atoms with Gasteiger partial charge in [-0.25, -0.2) is 0 Å². The number of ether oxygens (including phenoxy) is 1. The molecule has 0 atom stereocenters. The van der Waals surface area contributed by atoms with E-state index in [1.54, 1.807) is 24.3 Å². The van der Waals surface area contributed by atoms with Crippen molar-refractivity contribution in [3.63, 3.8) is 0 Å². The van der Waals surface area contributed by atoms with Gasteiger partial charge in [-0.1, -0.05) is 30.3 Å². The molecule has 1 aliphatic heterocycles. The van der Waals surface area contributed by atoms with Crippen LogP contribution in [0.4, 0.5) is 13.2 Å². The SMILES string of the molecule is O=C(NC1CCNCC1)c1ccccc1-c1ccc(OC(F)(F)F)cc1. The Morgan fingerprint density at radius 3 is 2.35 bits per heavy atom. The van der Waals surface area contributed by atoms with Gasteiger partial charge in [0.25, 0.3) is 5.91 Å². The predicted octanol–water partition coefficient (Wildman–Crippen LogP) is 3.73. The largest absolute Gasteiger partial charge is 0.573 e. The maximum Gasteiger partial charge on any atom is 0.573 e. The lowest BCUT2D eigenvalue weighted by molar-refractivity contribution is -0.274. The molecule has 1 saturated heterocycles. The molecule has 0 spiro atoms. The lowest BCUT2D eigenvalue weighted by Gasteiger charge is -2.24. The molecule has 1 aliphatic rings. The van der Waals surface area contributed by atoms with Crippen molar-refractivity contribution in [2.45, 2.75) is 25.2 Å². The minimum absolute atomic E-state index is 0.124. The molecule has 1 fully saturated rings. The summed E-state index contributed by atoms with van der Waals surface area (Å²) in [5.74, 6) is -0.471. The van der Waals surface area contributed by atoms with Gasteiger partial charge >= 0.3 is 6.36 Å². The van der Waals surface area contributed by atoms with Crippen molar-refractivity contribution in [2.75, 3.05) is 13.1 Å². The van der Waals surface area contributed by atoms with E-state index in [4.69, 9.17) is 0 Å². The van der Waals surface area contributed by atoms with Crippen molar-refractivity contribution in [1.29, 1.82) is 0 Å². The number of nitrogens with one attached hydrogen (secondary N) is 2. The molecular formula is C19H19F3N2O2. The van der Waals surface area contributed by atoms with Gasteiger partial charge in [-0.05, 0) is 55.3 Å². The smallest absolute Gasteiger partial charge is 0.406 e. The number of amides is 1. The molecule has 4 nitrogen and oxygen atoms in total. The topological polar surface area (TPSA) is 50.4 Å². The van der Waals surface area contributed by atoms with E-state index in [1.807, 2.05) is 0 Å². The van der Waals surface area contributed by atoms with E-state index in [0.29, 0.717) is 16.7 Å². The number of carbonyl (C=O) groups excluding carboxylic acids is 1. The normalized spacial score (nSPS) is 15.5. The summed E-state index contributed by atoms with van der Waals surface area (Å²) in [6.45, 7) is 1.74. The van der Waals surface area contributed by atoms with E-state index in [2.05, 4.69) is 15.4 Å². The minimum Gasteiger partial charge on any atom is -0.406 e. The van der Waals surface area contributed by atoms with Crippen LogP contribution in [-0.2, 0) is 0 Å². The highest BCUT2D eigenvalue weighted by Crippen LogP contribution is 2.28. The third-order valence-electron chi connectivity index (χ3n) is 4.24. The zero-order valence-electron chi connectivity index (χ0n) is 14.0.